The van der Waals surface area contributed by atoms with Gasteiger partial charge in [-0.15, -0.1) is 0 Å². The van der Waals surface area contributed by atoms with Gasteiger partial charge in [0.25, 0.3) is 0 Å². The summed E-state index contributed by atoms with van der Waals surface area (Å²) in [4.78, 5) is 0. The largest absolute Gasteiger partial charge is 0.419 e. The lowest BCUT2D eigenvalue weighted by Gasteiger charge is -2.14. The van der Waals surface area contributed by atoms with E-state index in [1.165, 1.54) is 12.1 Å². The van der Waals surface area contributed by atoms with Crippen LogP contribution in [0.1, 0.15) is 24.0 Å². The Kier molecular flexibility index (Phi) is 3.76. The third-order valence-corrected chi connectivity index (χ3v) is 3.07. The fourth-order valence-corrected chi connectivity index (χ4v) is 1.58. The van der Waals surface area contributed by atoms with Crippen molar-refractivity contribution in [2.24, 2.45) is 0 Å². The van der Waals surface area contributed by atoms with E-state index in [-0.39, 0.29) is 11.5 Å². The summed E-state index contributed by atoms with van der Waals surface area (Å²) in [6.45, 7) is 1.66. The molecule has 0 aliphatic rings. The van der Waals surface area contributed by atoms with Gasteiger partial charge in [0.15, 0.2) is 0 Å². The molecule has 0 nitrogen and oxygen atoms in total. The Morgan fingerprint density at radius 2 is 1.93 bits per heavy atom. The highest BCUT2D eigenvalue weighted by Crippen LogP contribution is 2.34. The zero-order valence-electron chi connectivity index (χ0n) is 7.91. The van der Waals surface area contributed by atoms with E-state index in [9.17, 15) is 17.6 Å². The van der Waals surface area contributed by atoms with Crippen LogP contribution in [0.25, 0.3) is 0 Å². The molecule has 0 N–H and O–H groups in total. The zero-order chi connectivity index (χ0) is 11.6. The first-order chi connectivity index (χ1) is 6.88. The summed E-state index contributed by atoms with van der Waals surface area (Å²) in [7, 11) is 0. The second-order valence-electron chi connectivity index (χ2n) is 3.26. The van der Waals surface area contributed by atoms with Gasteiger partial charge in [0.05, 0.1) is 5.56 Å². The molecule has 0 fully saturated rings. The number of alkyl halides is 4. The molecule has 84 valence electrons. The van der Waals surface area contributed by atoms with Gasteiger partial charge >= 0.3 is 6.18 Å². The highest BCUT2D eigenvalue weighted by atomic mass is 79.9. The van der Waals surface area contributed by atoms with E-state index in [4.69, 9.17) is 0 Å². The quantitative estimate of drug-likeness (QED) is 0.560. The van der Waals surface area contributed by atoms with E-state index in [2.05, 4.69) is 15.9 Å². The normalized spacial score (nSPS) is 14.0. The molecular weight excluding hydrogens is 276 g/mol. The van der Waals surface area contributed by atoms with Gasteiger partial charge in [0.1, 0.15) is 5.82 Å². The van der Waals surface area contributed by atoms with Crippen molar-refractivity contribution in [2.75, 3.05) is 5.33 Å². The standard InChI is InChI=1S/C10H9BrF4/c1-6(5-11)7-3-2-4-8(9(7)12)10(13,14)15/h2-4,6H,5H2,1H3. The maximum Gasteiger partial charge on any atom is 0.419 e. The van der Waals surface area contributed by atoms with Crippen LogP contribution in [0.4, 0.5) is 17.6 Å². The summed E-state index contributed by atoms with van der Waals surface area (Å²) in [5, 5.41) is 0.422. The first-order valence-electron chi connectivity index (χ1n) is 4.29. The van der Waals surface area contributed by atoms with Crippen LogP contribution in [-0.2, 0) is 6.18 Å². The fourth-order valence-electron chi connectivity index (χ4n) is 1.23. The van der Waals surface area contributed by atoms with Gasteiger partial charge in [0, 0.05) is 5.33 Å². The minimum Gasteiger partial charge on any atom is -0.206 e. The highest BCUT2D eigenvalue weighted by Gasteiger charge is 2.35. The lowest BCUT2D eigenvalue weighted by Crippen LogP contribution is -2.11. The Bertz CT molecular complexity index is 346. The minimum atomic E-state index is -4.63. The van der Waals surface area contributed by atoms with Crippen molar-refractivity contribution in [3.63, 3.8) is 0 Å². The molecule has 1 aromatic rings. The van der Waals surface area contributed by atoms with Crippen molar-refractivity contribution in [2.45, 2.75) is 19.0 Å². The number of rotatable bonds is 2. The van der Waals surface area contributed by atoms with Crippen LogP contribution < -0.4 is 0 Å². The Balaban J connectivity index is 3.23. The van der Waals surface area contributed by atoms with Crippen LogP contribution in [0, 0.1) is 5.82 Å². The molecule has 1 unspecified atom stereocenters. The predicted octanol–water partition coefficient (Wildman–Crippen LogP) is 4.34. The van der Waals surface area contributed by atoms with Gasteiger partial charge in [-0.05, 0) is 17.5 Å². The van der Waals surface area contributed by atoms with Crippen LogP contribution in [-0.4, -0.2) is 5.33 Å². The van der Waals surface area contributed by atoms with E-state index < -0.39 is 17.6 Å². The number of halogens is 5. The second-order valence-corrected chi connectivity index (χ2v) is 3.91. The van der Waals surface area contributed by atoms with Crippen molar-refractivity contribution in [3.05, 3.63) is 35.1 Å². The van der Waals surface area contributed by atoms with Crippen LogP contribution in [0.5, 0.6) is 0 Å². The van der Waals surface area contributed by atoms with Crippen LogP contribution >= 0.6 is 15.9 Å². The summed E-state index contributed by atoms with van der Waals surface area (Å²) in [5.74, 6) is -1.45. The van der Waals surface area contributed by atoms with Crippen LogP contribution in [0.15, 0.2) is 18.2 Å². The Morgan fingerprint density at radius 3 is 2.40 bits per heavy atom. The number of benzene rings is 1. The molecule has 15 heavy (non-hydrogen) atoms. The van der Waals surface area contributed by atoms with Crippen LogP contribution in [0.2, 0.25) is 0 Å². The van der Waals surface area contributed by atoms with Gasteiger partial charge in [-0.1, -0.05) is 35.0 Å². The Labute approximate surface area is 93.4 Å². The first kappa shape index (κ1) is 12.5. The minimum absolute atomic E-state index is 0.0849. The Morgan fingerprint density at radius 1 is 1.33 bits per heavy atom. The van der Waals surface area contributed by atoms with Crippen molar-refractivity contribution in [3.8, 4) is 0 Å². The van der Waals surface area contributed by atoms with Gasteiger partial charge < -0.3 is 0 Å². The van der Waals surface area contributed by atoms with E-state index in [0.29, 0.717) is 5.33 Å². The van der Waals surface area contributed by atoms with E-state index in [0.717, 1.165) is 6.07 Å². The molecule has 1 rings (SSSR count). The van der Waals surface area contributed by atoms with Crippen LogP contribution in [0.3, 0.4) is 0 Å². The van der Waals surface area contributed by atoms with E-state index >= 15 is 0 Å². The molecule has 0 amide bonds. The monoisotopic (exact) mass is 284 g/mol. The second kappa shape index (κ2) is 4.51. The molecule has 1 atom stereocenters. The molecular formula is C10H9BrF4. The van der Waals surface area contributed by atoms with E-state index in [1.807, 2.05) is 0 Å². The van der Waals surface area contributed by atoms with E-state index in [1.54, 1.807) is 6.92 Å². The van der Waals surface area contributed by atoms with Gasteiger partial charge in [-0.25, -0.2) is 4.39 Å². The summed E-state index contributed by atoms with van der Waals surface area (Å²) in [6, 6.07) is 3.34. The molecule has 0 aromatic heterocycles. The van der Waals surface area contributed by atoms with Crippen molar-refractivity contribution in [1.29, 1.82) is 0 Å². The van der Waals surface area contributed by atoms with Gasteiger partial charge in [-0.3, -0.25) is 0 Å². The molecule has 0 spiro atoms. The average molecular weight is 285 g/mol. The lowest BCUT2D eigenvalue weighted by atomic mass is 9.99. The molecule has 1 aromatic carbocycles. The zero-order valence-corrected chi connectivity index (χ0v) is 9.49. The number of hydrogen-bond acceptors (Lipinski definition) is 0. The summed E-state index contributed by atoms with van der Waals surface area (Å²) >= 11 is 3.11. The molecule has 0 bridgehead atoms. The third kappa shape index (κ3) is 2.71. The predicted molar refractivity (Wildman–Crippen MR) is 53.6 cm³/mol. The topological polar surface area (TPSA) is 0 Å². The molecule has 0 aliphatic heterocycles. The van der Waals surface area contributed by atoms with Crippen molar-refractivity contribution >= 4 is 15.9 Å². The smallest absolute Gasteiger partial charge is 0.206 e. The summed E-state index contributed by atoms with van der Waals surface area (Å²) in [6.07, 6.45) is -4.63. The lowest BCUT2D eigenvalue weighted by molar-refractivity contribution is -0.140. The van der Waals surface area contributed by atoms with Crippen molar-refractivity contribution in [1.82, 2.24) is 0 Å². The van der Waals surface area contributed by atoms with Gasteiger partial charge in [-0.2, -0.15) is 13.2 Å². The fraction of sp³-hybridized carbons (Fsp3) is 0.400. The third-order valence-electron chi connectivity index (χ3n) is 2.10. The molecule has 0 heterocycles. The average Bonchev–Trinajstić information content (AvgIpc) is 2.15. The molecule has 0 radical (unpaired) electrons. The molecule has 5 heteroatoms. The maximum absolute atomic E-state index is 13.5. The molecule has 0 saturated heterocycles. The number of hydrogen-bond donors (Lipinski definition) is 0. The summed E-state index contributed by atoms with van der Waals surface area (Å²) < 4.78 is 50.5. The highest BCUT2D eigenvalue weighted by molar-refractivity contribution is 9.09. The molecule has 0 aliphatic carbocycles. The first-order valence-corrected chi connectivity index (χ1v) is 5.41. The van der Waals surface area contributed by atoms with Crippen molar-refractivity contribution < 1.29 is 17.6 Å². The Hall–Kier alpha value is -0.580. The SMILES string of the molecule is CC(CBr)c1cccc(C(F)(F)F)c1F. The van der Waals surface area contributed by atoms with Gasteiger partial charge in [0.2, 0.25) is 0 Å². The summed E-state index contributed by atoms with van der Waals surface area (Å²) in [5.41, 5.74) is -1.12. The maximum atomic E-state index is 13.5. The molecule has 0 saturated carbocycles.